The van der Waals surface area contributed by atoms with E-state index < -0.39 is 0 Å². The Morgan fingerprint density at radius 1 is 1.41 bits per heavy atom. The Morgan fingerprint density at radius 3 is 2.47 bits per heavy atom. The Kier molecular flexibility index (Phi) is 5.43. The van der Waals surface area contributed by atoms with Gasteiger partial charge in [0.05, 0.1) is 12.5 Å². The molecule has 5 heteroatoms. The summed E-state index contributed by atoms with van der Waals surface area (Å²) in [5, 5.41) is 3.17. The molecule has 0 saturated carbocycles. The van der Waals surface area contributed by atoms with E-state index in [1.165, 1.54) is 0 Å². The number of halogens is 2. The van der Waals surface area contributed by atoms with Crippen molar-refractivity contribution in [2.24, 2.45) is 0 Å². The zero-order valence-corrected chi connectivity index (χ0v) is 12.1. The lowest BCUT2D eigenvalue weighted by molar-refractivity contribution is -0.132. The number of amides is 1. The van der Waals surface area contributed by atoms with Gasteiger partial charge in [-0.05, 0) is 17.7 Å². The minimum absolute atomic E-state index is 0. The lowest BCUT2D eigenvalue weighted by Gasteiger charge is -2.35. The smallest absolute Gasteiger partial charge is 0.227 e. The average Bonchev–Trinajstić information content (AvgIpc) is 2.19. The number of hydrogen-bond acceptors (Lipinski definition) is 2. The molecule has 94 valence electrons. The highest BCUT2D eigenvalue weighted by atomic mass is 79.9. The maximum absolute atomic E-state index is 11.9. The second-order valence-corrected chi connectivity index (χ2v) is 5.04. The van der Waals surface area contributed by atoms with Crippen molar-refractivity contribution < 1.29 is 4.79 Å². The molecular formula is C12H16BrClN2O. The van der Waals surface area contributed by atoms with Gasteiger partial charge in [-0.3, -0.25) is 4.79 Å². The van der Waals surface area contributed by atoms with Crippen LogP contribution < -0.4 is 5.32 Å². The number of carbonyl (C=O) groups excluding carboxylic acids is 1. The number of benzene rings is 1. The monoisotopic (exact) mass is 318 g/mol. The van der Waals surface area contributed by atoms with Gasteiger partial charge in [-0.2, -0.15) is 0 Å². The predicted molar refractivity (Wildman–Crippen MR) is 74.5 cm³/mol. The zero-order chi connectivity index (χ0) is 11.5. The fourth-order valence-corrected chi connectivity index (χ4v) is 1.92. The molecule has 0 unspecified atom stereocenters. The molecule has 17 heavy (non-hydrogen) atoms. The maximum atomic E-state index is 11.9. The van der Waals surface area contributed by atoms with Crippen molar-refractivity contribution in [2.75, 3.05) is 20.1 Å². The SMILES string of the molecule is CN(C(=O)Cc1ccc(Br)cc1)C1CNC1.Cl. The van der Waals surface area contributed by atoms with Gasteiger partial charge >= 0.3 is 0 Å². The summed E-state index contributed by atoms with van der Waals surface area (Å²) < 4.78 is 1.04. The summed E-state index contributed by atoms with van der Waals surface area (Å²) in [7, 11) is 1.88. The normalized spacial score (nSPS) is 14.7. The highest BCUT2D eigenvalue weighted by molar-refractivity contribution is 9.10. The Morgan fingerprint density at radius 2 is 2.00 bits per heavy atom. The number of likely N-dealkylation sites (N-methyl/N-ethyl adjacent to an activating group) is 1. The summed E-state index contributed by atoms with van der Waals surface area (Å²) in [6, 6.07) is 8.27. The van der Waals surface area contributed by atoms with Gasteiger partial charge in [0.15, 0.2) is 0 Å². The molecule has 1 aromatic rings. The van der Waals surface area contributed by atoms with Crippen LogP contribution in [-0.4, -0.2) is 37.0 Å². The van der Waals surface area contributed by atoms with Crippen LogP contribution in [0.25, 0.3) is 0 Å². The summed E-state index contributed by atoms with van der Waals surface area (Å²) in [6.45, 7) is 1.84. The largest absolute Gasteiger partial charge is 0.340 e. The second kappa shape index (κ2) is 6.38. The molecule has 1 fully saturated rings. The molecule has 0 aromatic heterocycles. The molecule has 1 aromatic carbocycles. The Hall–Kier alpha value is -0.580. The van der Waals surface area contributed by atoms with Crippen molar-refractivity contribution in [1.82, 2.24) is 10.2 Å². The van der Waals surface area contributed by atoms with Crippen molar-refractivity contribution in [3.8, 4) is 0 Å². The fraction of sp³-hybridized carbons (Fsp3) is 0.417. The summed E-state index contributed by atoms with van der Waals surface area (Å²) in [5.41, 5.74) is 1.06. The summed E-state index contributed by atoms with van der Waals surface area (Å²) in [5.74, 6) is 0.189. The topological polar surface area (TPSA) is 32.3 Å². The molecule has 1 aliphatic heterocycles. The lowest BCUT2D eigenvalue weighted by Crippen LogP contribution is -2.57. The van der Waals surface area contributed by atoms with Crippen molar-refractivity contribution >= 4 is 34.2 Å². The molecule has 0 bridgehead atoms. The van der Waals surface area contributed by atoms with Gasteiger partial charge in [0.1, 0.15) is 0 Å². The van der Waals surface area contributed by atoms with E-state index in [0.717, 1.165) is 23.1 Å². The number of rotatable bonds is 3. The Labute approximate surface area is 116 Å². The first kappa shape index (κ1) is 14.5. The predicted octanol–water partition coefficient (Wildman–Crippen LogP) is 1.84. The van der Waals surface area contributed by atoms with Crippen LogP contribution in [0, 0.1) is 0 Å². The third-order valence-electron chi connectivity index (χ3n) is 2.97. The van der Waals surface area contributed by atoms with Crippen LogP contribution in [0.5, 0.6) is 0 Å². The number of nitrogens with zero attached hydrogens (tertiary/aromatic N) is 1. The molecule has 0 atom stereocenters. The van der Waals surface area contributed by atoms with Crippen LogP contribution in [0.4, 0.5) is 0 Å². The van der Waals surface area contributed by atoms with Crippen LogP contribution in [0.1, 0.15) is 5.56 Å². The van der Waals surface area contributed by atoms with E-state index in [2.05, 4.69) is 21.2 Å². The van der Waals surface area contributed by atoms with E-state index in [1.807, 2.05) is 36.2 Å². The van der Waals surface area contributed by atoms with Crippen molar-refractivity contribution in [2.45, 2.75) is 12.5 Å². The highest BCUT2D eigenvalue weighted by Crippen LogP contribution is 2.12. The standard InChI is InChI=1S/C12H15BrN2O.ClH/c1-15(11-7-14-8-11)12(16)6-9-2-4-10(13)5-3-9;/h2-5,11,14H,6-8H2,1H3;1H. The molecule has 0 radical (unpaired) electrons. The first-order chi connectivity index (χ1) is 7.66. The molecule has 1 aliphatic rings. The van der Waals surface area contributed by atoms with E-state index in [0.29, 0.717) is 12.5 Å². The van der Waals surface area contributed by atoms with Crippen LogP contribution in [0.15, 0.2) is 28.7 Å². The van der Waals surface area contributed by atoms with Crippen molar-refractivity contribution in [3.63, 3.8) is 0 Å². The first-order valence-corrected chi connectivity index (χ1v) is 6.17. The Balaban J connectivity index is 0.00000144. The van der Waals surface area contributed by atoms with E-state index >= 15 is 0 Å². The number of nitrogens with one attached hydrogen (secondary N) is 1. The van der Waals surface area contributed by atoms with Gasteiger partial charge in [-0.15, -0.1) is 12.4 Å². The molecule has 1 amide bonds. The molecule has 0 aliphatic carbocycles. The van der Waals surface area contributed by atoms with Crippen LogP contribution in [0.3, 0.4) is 0 Å². The van der Waals surface area contributed by atoms with Gasteiger partial charge in [-0.1, -0.05) is 28.1 Å². The van der Waals surface area contributed by atoms with Gasteiger partial charge in [0, 0.05) is 24.6 Å². The van der Waals surface area contributed by atoms with Gasteiger partial charge in [0.2, 0.25) is 5.91 Å². The fourth-order valence-electron chi connectivity index (χ4n) is 1.65. The third-order valence-corrected chi connectivity index (χ3v) is 3.50. The minimum atomic E-state index is 0. The molecular weight excluding hydrogens is 304 g/mol. The molecule has 1 heterocycles. The van der Waals surface area contributed by atoms with Gasteiger partial charge in [0.25, 0.3) is 0 Å². The molecule has 1 saturated heterocycles. The summed E-state index contributed by atoms with van der Waals surface area (Å²) >= 11 is 3.38. The van der Waals surface area contributed by atoms with E-state index in [-0.39, 0.29) is 18.3 Å². The lowest BCUT2D eigenvalue weighted by atomic mass is 10.1. The third kappa shape index (κ3) is 3.69. The maximum Gasteiger partial charge on any atom is 0.227 e. The molecule has 0 spiro atoms. The summed E-state index contributed by atoms with van der Waals surface area (Å²) in [4.78, 5) is 13.8. The molecule has 3 nitrogen and oxygen atoms in total. The van der Waals surface area contributed by atoms with Crippen molar-refractivity contribution in [3.05, 3.63) is 34.3 Å². The van der Waals surface area contributed by atoms with Gasteiger partial charge in [-0.25, -0.2) is 0 Å². The van der Waals surface area contributed by atoms with Gasteiger partial charge < -0.3 is 10.2 Å². The van der Waals surface area contributed by atoms with Crippen LogP contribution in [-0.2, 0) is 11.2 Å². The zero-order valence-electron chi connectivity index (χ0n) is 9.65. The first-order valence-electron chi connectivity index (χ1n) is 5.37. The Bertz CT molecular complexity index is 379. The molecule has 2 rings (SSSR count). The van der Waals surface area contributed by atoms with E-state index in [4.69, 9.17) is 0 Å². The van der Waals surface area contributed by atoms with E-state index in [1.54, 1.807) is 0 Å². The van der Waals surface area contributed by atoms with Crippen LogP contribution in [0.2, 0.25) is 0 Å². The number of carbonyl (C=O) groups is 1. The van der Waals surface area contributed by atoms with Crippen molar-refractivity contribution in [1.29, 1.82) is 0 Å². The quantitative estimate of drug-likeness (QED) is 0.922. The summed E-state index contributed by atoms with van der Waals surface area (Å²) in [6.07, 6.45) is 0.486. The minimum Gasteiger partial charge on any atom is -0.340 e. The van der Waals surface area contributed by atoms with Crippen LogP contribution >= 0.6 is 28.3 Å². The van der Waals surface area contributed by atoms with E-state index in [9.17, 15) is 4.79 Å². The molecule has 1 N–H and O–H groups in total. The number of hydrogen-bond donors (Lipinski definition) is 1. The highest BCUT2D eigenvalue weighted by Gasteiger charge is 2.24. The average molecular weight is 320 g/mol. The second-order valence-electron chi connectivity index (χ2n) is 4.12.